The average molecular weight is 377 g/mol. The summed E-state index contributed by atoms with van der Waals surface area (Å²) < 4.78 is 18.5. The third kappa shape index (κ3) is 3.99. The number of halogens is 2. The largest absolute Gasteiger partial charge is 0.351 e. The molecule has 0 atom stereocenters. The molecule has 3 aromatic rings. The summed E-state index contributed by atoms with van der Waals surface area (Å²) in [7, 11) is 0. The van der Waals surface area contributed by atoms with Crippen LogP contribution in [0.1, 0.15) is 42.8 Å². The number of rotatable bonds is 4. The Bertz CT molecular complexity index is 965. The third-order valence-electron chi connectivity index (χ3n) is 3.72. The lowest BCUT2D eigenvalue weighted by atomic mass is 9.97. The second kappa shape index (κ2) is 6.99. The van der Waals surface area contributed by atoms with E-state index < -0.39 is 5.82 Å². The molecule has 8 heteroatoms. The van der Waals surface area contributed by atoms with E-state index in [2.05, 4.69) is 20.4 Å². The van der Waals surface area contributed by atoms with Crippen molar-refractivity contribution in [2.75, 3.05) is 6.54 Å². The molecule has 0 saturated carbocycles. The lowest BCUT2D eigenvalue weighted by Crippen LogP contribution is -2.26. The van der Waals surface area contributed by atoms with Crippen molar-refractivity contribution in [1.82, 2.24) is 20.4 Å². The monoisotopic (exact) mass is 376 g/mol. The molecule has 3 rings (SSSR count). The van der Waals surface area contributed by atoms with Gasteiger partial charge in [-0.3, -0.25) is 4.79 Å². The molecule has 6 nitrogen and oxygen atoms in total. The Labute approximate surface area is 154 Å². The van der Waals surface area contributed by atoms with Crippen LogP contribution in [0.15, 0.2) is 28.8 Å². The van der Waals surface area contributed by atoms with Gasteiger partial charge in [0.25, 0.3) is 5.91 Å². The molecular weight excluding hydrogens is 359 g/mol. The van der Waals surface area contributed by atoms with Crippen LogP contribution in [-0.4, -0.2) is 27.6 Å². The van der Waals surface area contributed by atoms with Gasteiger partial charge in [0.2, 0.25) is 5.89 Å². The number of hydrogen-bond donors (Lipinski definition) is 1. The van der Waals surface area contributed by atoms with Crippen LogP contribution in [0, 0.1) is 5.82 Å². The number of nitrogens with one attached hydrogen (secondary N) is 1. The Balaban J connectivity index is 1.67. The summed E-state index contributed by atoms with van der Waals surface area (Å²) in [6, 6.07) is 5.72. The molecule has 0 radical (unpaired) electrons. The first-order valence-corrected chi connectivity index (χ1v) is 8.49. The Hall–Kier alpha value is -2.54. The smallest absolute Gasteiger partial charge is 0.254 e. The van der Waals surface area contributed by atoms with Gasteiger partial charge in [-0.05, 0) is 18.2 Å². The van der Waals surface area contributed by atoms with Crippen molar-refractivity contribution in [2.45, 2.75) is 32.6 Å². The van der Waals surface area contributed by atoms with Gasteiger partial charge in [0.1, 0.15) is 11.0 Å². The minimum atomic E-state index is -0.409. The Kier molecular flexibility index (Phi) is 4.91. The topological polar surface area (TPSA) is 80.9 Å². The van der Waals surface area contributed by atoms with Crippen LogP contribution >= 0.6 is 11.6 Å². The fraction of sp³-hybridized carbons (Fsp3) is 0.333. The van der Waals surface area contributed by atoms with Crippen molar-refractivity contribution < 1.29 is 13.7 Å². The number of carbonyl (C=O) groups is 1. The van der Waals surface area contributed by atoms with Gasteiger partial charge < -0.3 is 9.84 Å². The molecule has 136 valence electrons. The van der Waals surface area contributed by atoms with Crippen LogP contribution in [0.3, 0.4) is 0 Å². The molecule has 26 heavy (non-hydrogen) atoms. The highest BCUT2D eigenvalue weighted by Gasteiger charge is 2.21. The van der Waals surface area contributed by atoms with Crippen molar-refractivity contribution in [3.05, 3.63) is 52.5 Å². The van der Waals surface area contributed by atoms with Crippen molar-refractivity contribution in [3.63, 3.8) is 0 Å². The fourth-order valence-electron chi connectivity index (χ4n) is 2.32. The van der Waals surface area contributed by atoms with Crippen molar-refractivity contribution in [2.24, 2.45) is 0 Å². The molecule has 2 heterocycles. The first kappa shape index (κ1) is 18.3. The summed E-state index contributed by atoms with van der Waals surface area (Å²) in [5, 5.41) is 7.32. The maximum Gasteiger partial charge on any atom is 0.254 e. The van der Waals surface area contributed by atoms with Crippen LogP contribution in [0.2, 0.25) is 5.15 Å². The van der Waals surface area contributed by atoms with E-state index in [-0.39, 0.29) is 22.0 Å². The molecule has 0 saturated heterocycles. The van der Waals surface area contributed by atoms with E-state index in [9.17, 15) is 9.18 Å². The summed E-state index contributed by atoms with van der Waals surface area (Å²) in [6.07, 6.45) is 0.426. The molecule has 0 aliphatic rings. The normalized spacial score (nSPS) is 11.7. The number of nitrogens with zero attached hydrogens (tertiary/aromatic N) is 3. The van der Waals surface area contributed by atoms with E-state index in [1.807, 2.05) is 20.8 Å². The van der Waals surface area contributed by atoms with Gasteiger partial charge in [-0.1, -0.05) is 37.5 Å². The number of carbonyl (C=O) groups excluding carboxylic acids is 1. The zero-order valence-corrected chi connectivity index (χ0v) is 15.4. The van der Waals surface area contributed by atoms with Crippen LogP contribution < -0.4 is 5.32 Å². The molecule has 0 aliphatic heterocycles. The van der Waals surface area contributed by atoms with Gasteiger partial charge in [0, 0.05) is 29.8 Å². The molecule has 0 spiro atoms. The molecule has 1 aromatic carbocycles. The molecule has 0 aliphatic carbocycles. The zero-order valence-electron chi connectivity index (χ0n) is 14.6. The quantitative estimate of drug-likeness (QED) is 0.702. The van der Waals surface area contributed by atoms with E-state index in [1.54, 1.807) is 12.1 Å². The van der Waals surface area contributed by atoms with Gasteiger partial charge >= 0.3 is 0 Å². The molecular formula is C18H18ClFN4O2. The maximum absolute atomic E-state index is 13.2. The van der Waals surface area contributed by atoms with Crippen LogP contribution in [-0.2, 0) is 11.8 Å². The number of pyridine rings is 1. The summed E-state index contributed by atoms with van der Waals surface area (Å²) in [5.41, 5.74) is 0.403. The highest BCUT2D eigenvalue weighted by Crippen LogP contribution is 2.22. The number of hydrogen-bond acceptors (Lipinski definition) is 5. The van der Waals surface area contributed by atoms with Crippen LogP contribution in [0.5, 0.6) is 0 Å². The van der Waals surface area contributed by atoms with Crippen LogP contribution in [0.4, 0.5) is 4.39 Å². The maximum atomic E-state index is 13.2. The first-order chi connectivity index (χ1) is 12.2. The van der Waals surface area contributed by atoms with E-state index in [4.69, 9.17) is 16.1 Å². The molecule has 1 amide bonds. The third-order valence-corrected chi connectivity index (χ3v) is 4.01. The summed E-state index contributed by atoms with van der Waals surface area (Å²) in [4.78, 5) is 20.8. The second-order valence-electron chi connectivity index (χ2n) is 6.94. The molecule has 1 N–H and O–H groups in total. The standard InChI is InChI=1S/C18H18ClFN4O2/c1-18(2,3)17-23-14(24-26-17)6-7-21-16(25)12-8-10-4-5-11(20)9-13(10)22-15(12)19/h4-5,8-9H,6-7H2,1-3H3,(H,21,25). The minimum Gasteiger partial charge on any atom is -0.351 e. The fourth-order valence-corrected chi connectivity index (χ4v) is 2.55. The lowest BCUT2D eigenvalue weighted by Gasteiger charge is -2.10. The number of aromatic nitrogens is 3. The second-order valence-corrected chi connectivity index (χ2v) is 7.29. The number of benzene rings is 1. The summed E-state index contributed by atoms with van der Waals surface area (Å²) in [5.74, 6) is 0.294. The minimum absolute atomic E-state index is 0.0233. The Morgan fingerprint density at radius 1 is 1.27 bits per heavy atom. The van der Waals surface area contributed by atoms with Crippen molar-refractivity contribution in [3.8, 4) is 0 Å². The van der Waals surface area contributed by atoms with E-state index in [0.717, 1.165) is 0 Å². The van der Waals surface area contributed by atoms with E-state index in [1.165, 1.54) is 12.1 Å². The molecule has 2 aromatic heterocycles. The Morgan fingerprint density at radius 3 is 2.73 bits per heavy atom. The highest BCUT2D eigenvalue weighted by atomic mass is 35.5. The Morgan fingerprint density at radius 2 is 2.04 bits per heavy atom. The van der Waals surface area contributed by atoms with Gasteiger partial charge in [0.05, 0.1) is 11.1 Å². The van der Waals surface area contributed by atoms with Gasteiger partial charge in [-0.15, -0.1) is 0 Å². The van der Waals surface area contributed by atoms with Crippen molar-refractivity contribution in [1.29, 1.82) is 0 Å². The SMILES string of the molecule is CC(C)(C)c1nc(CCNC(=O)c2cc3ccc(F)cc3nc2Cl)no1. The van der Waals surface area contributed by atoms with Crippen LogP contribution in [0.25, 0.3) is 10.9 Å². The highest BCUT2D eigenvalue weighted by molar-refractivity contribution is 6.33. The predicted molar refractivity (Wildman–Crippen MR) is 95.7 cm³/mol. The predicted octanol–water partition coefficient (Wildman–Crippen LogP) is 3.68. The average Bonchev–Trinajstić information content (AvgIpc) is 3.03. The van der Waals surface area contributed by atoms with E-state index in [0.29, 0.717) is 35.6 Å². The van der Waals surface area contributed by atoms with Gasteiger partial charge in [-0.25, -0.2) is 9.37 Å². The molecule has 0 unspecified atom stereocenters. The van der Waals surface area contributed by atoms with Gasteiger partial charge in [0.15, 0.2) is 5.82 Å². The van der Waals surface area contributed by atoms with E-state index >= 15 is 0 Å². The van der Waals surface area contributed by atoms with Gasteiger partial charge in [-0.2, -0.15) is 4.98 Å². The summed E-state index contributed by atoms with van der Waals surface area (Å²) in [6.45, 7) is 6.26. The lowest BCUT2D eigenvalue weighted by molar-refractivity contribution is 0.0954. The zero-order chi connectivity index (χ0) is 18.9. The number of fused-ring (bicyclic) bond motifs is 1. The number of amides is 1. The molecule has 0 bridgehead atoms. The molecule has 0 fully saturated rings. The van der Waals surface area contributed by atoms with Crippen molar-refractivity contribution >= 4 is 28.4 Å². The summed E-state index contributed by atoms with van der Waals surface area (Å²) >= 11 is 6.07. The first-order valence-electron chi connectivity index (χ1n) is 8.11.